The monoisotopic (exact) mass is 257 g/mol. The molecule has 1 heterocycles. The average Bonchev–Trinajstić information content (AvgIpc) is 2.40. The average molecular weight is 257 g/mol. The van der Waals surface area contributed by atoms with E-state index in [-0.39, 0.29) is 0 Å². The van der Waals surface area contributed by atoms with Gasteiger partial charge >= 0.3 is 0 Å². The third-order valence-electron chi connectivity index (χ3n) is 3.69. The van der Waals surface area contributed by atoms with E-state index in [2.05, 4.69) is 12.2 Å². The van der Waals surface area contributed by atoms with E-state index in [1.54, 1.807) is 0 Å². The minimum absolute atomic E-state index is 0.323. The van der Waals surface area contributed by atoms with Gasteiger partial charge in [-0.1, -0.05) is 45.4 Å². The standard InChI is InChI=1S/C15H31NO2/c1-2-3-4-6-9-14-12-16-13-15(18-14)10-7-5-8-11-17/h14-17H,2-13H2,1H3. The molecule has 1 rings (SSSR count). The number of ether oxygens (including phenoxy) is 1. The van der Waals surface area contributed by atoms with E-state index in [1.165, 1.54) is 38.5 Å². The van der Waals surface area contributed by atoms with Crippen LogP contribution in [0.3, 0.4) is 0 Å². The molecule has 0 amide bonds. The molecule has 0 aromatic rings. The minimum atomic E-state index is 0.323. The fourth-order valence-corrected chi connectivity index (χ4v) is 2.57. The quantitative estimate of drug-likeness (QED) is 0.591. The van der Waals surface area contributed by atoms with E-state index in [4.69, 9.17) is 9.84 Å². The maximum Gasteiger partial charge on any atom is 0.0703 e. The summed E-state index contributed by atoms with van der Waals surface area (Å²) in [5.41, 5.74) is 0. The highest BCUT2D eigenvalue weighted by Crippen LogP contribution is 2.16. The molecule has 0 bridgehead atoms. The number of morpholine rings is 1. The zero-order valence-electron chi connectivity index (χ0n) is 12.0. The van der Waals surface area contributed by atoms with Gasteiger partial charge in [-0.2, -0.15) is 0 Å². The molecule has 18 heavy (non-hydrogen) atoms. The van der Waals surface area contributed by atoms with Crippen molar-refractivity contribution in [3.8, 4) is 0 Å². The SMILES string of the molecule is CCCCCCC1CNCC(CCCCCO)O1. The van der Waals surface area contributed by atoms with Crippen molar-refractivity contribution in [3.63, 3.8) is 0 Å². The molecule has 1 aliphatic heterocycles. The van der Waals surface area contributed by atoms with Gasteiger partial charge in [-0.3, -0.25) is 0 Å². The van der Waals surface area contributed by atoms with Gasteiger partial charge in [-0.05, 0) is 19.3 Å². The van der Waals surface area contributed by atoms with E-state index < -0.39 is 0 Å². The van der Waals surface area contributed by atoms with Crippen LogP contribution in [-0.2, 0) is 4.74 Å². The van der Waals surface area contributed by atoms with Gasteiger partial charge in [0.1, 0.15) is 0 Å². The molecule has 0 aromatic heterocycles. The summed E-state index contributed by atoms with van der Waals surface area (Å²) in [4.78, 5) is 0. The number of nitrogens with one attached hydrogen (secondary N) is 1. The third-order valence-corrected chi connectivity index (χ3v) is 3.69. The summed E-state index contributed by atoms with van der Waals surface area (Å²) >= 11 is 0. The second-order valence-corrected chi connectivity index (χ2v) is 5.46. The maximum absolute atomic E-state index is 8.74. The van der Waals surface area contributed by atoms with Crippen molar-refractivity contribution < 1.29 is 9.84 Å². The molecule has 0 aliphatic carbocycles. The van der Waals surface area contributed by atoms with Crippen LogP contribution in [-0.4, -0.2) is 37.0 Å². The summed E-state index contributed by atoms with van der Waals surface area (Å²) in [5.74, 6) is 0. The smallest absolute Gasteiger partial charge is 0.0703 e. The second-order valence-electron chi connectivity index (χ2n) is 5.46. The number of rotatable bonds is 10. The topological polar surface area (TPSA) is 41.5 Å². The minimum Gasteiger partial charge on any atom is -0.396 e. The molecule has 3 heteroatoms. The Labute approximate surface area is 112 Å². The Morgan fingerprint density at radius 1 is 0.944 bits per heavy atom. The van der Waals surface area contributed by atoms with Crippen molar-refractivity contribution in [2.45, 2.75) is 76.9 Å². The largest absolute Gasteiger partial charge is 0.396 e. The van der Waals surface area contributed by atoms with Crippen molar-refractivity contribution in [2.75, 3.05) is 19.7 Å². The first kappa shape index (κ1) is 15.9. The highest BCUT2D eigenvalue weighted by atomic mass is 16.5. The molecule has 0 radical (unpaired) electrons. The molecular weight excluding hydrogens is 226 g/mol. The first-order valence-electron chi connectivity index (χ1n) is 7.83. The van der Waals surface area contributed by atoms with Crippen LogP contribution in [0.4, 0.5) is 0 Å². The Morgan fingerprint density at radius 3 is 2.11 bits per heavy atom. The van der Waals surface area contributed by atoms with Gasteiger partial charge in [-0.25, -0.2) is 0 Å². The predicted molar refractivity (Wildman–Crippen MR) is 75.8 cm³/mol. The molecular formula is C15H31NO2. The Hall–Kier alpha value is -0.120. The van der Waals surface area contributed by atoms with Crippen molar-refractivity contribution in [3.05, 3.63) is 0 Å². The highest BCUT2D eigenvalue weighted by Gasteiger charge is 2.20. The Bertz CT molecular complexity index is 169. The van der Waals surface area contributed by atoms with E-state index in [0.29, 0.717) is 18.8 Å². The lowest BCUT2D eigenvalue weighted by molar-refractivity contribution is -0.0458. The van der Waals surface area contributed by atoms with Crippen molar-refractivity contribution in [2.24, 2.45) is 0 Å². The second kappa shape index (κ2) is 10.8. The normalized spacial score (nSPS) is 24.3. The van der Waals surface area contributed by atoms with E-state index in [1.807, 2.05) is 0 Å². The fraction of sp³-hybridized carbons (Fsp3) is 1.00. The Kier molecular flexibility index (Phi) is 9.54. The molecule has 1 aliphatic rings. The molecule has 1 saturated heterocycles. The van der Waals surface area contributed by atoms with E-state index >= 15 is 0 Å². The zero-order valence-corrected chi connectivity index (χ0v) is 12.0. The molecule has 0 saturated carbocycles. The van der Waals surface area contributed by atoms with Gasteiger partial charge in [0.25, 0.3) is 0 Å². The Balaban J connectivity index is 2.04. The van der Waals surface area contributed by atoms with Crippen LogP contribution in [0.15, 0.2) is 0 Å². The molecule has 0 aromatic carbocycles. The molecule has 2 atom stereocenters. The lowest BCUT2D eigenvalue weighted by Gasteiger charge is -2.31. The highest BCUT2D eigenvalue weighted by molar-refractivity contribution is 4.74. The molecule has 0 spiro atoms. The van der Waals surface area contributed by atoms with Crippen molar-refractivity contribution in [1.82, 2.24) is 5.32 Å². The summed E-state index contributed by atoms with van der Waals surface area (Å²) in [6.07, 6.45) is 11.7. The molecule has 2 unspecified atom stereocenters. The predicted octanol–water partition coefficient (Wildman–Crippen LogP) is 2.87. The summed E-state index contributed by atoms with van der Waals surface area (Å²) in [5, 5.41) is 12.2. The van der Waals surface area contributed by atoms with Gasteiger partial charge in [0.15, 0.2) is 0 Å². The van der Waals surface area contributed by atoms with Crippen molar-refractivity contribution >= 4 is 0 Å². The fourth-order valence-electron chi connectivity index (χ4n) is 2.57. The zero-order chi connectivity index (χ0) is 13.1. The van der Waals surface area contributed by atoms with Crippen LogP contribution in [0.5, 0.6) is 0 Å². The number of hydrogen-bond donors (Lipinski definition) is 2. The van der Waals surface area contributed by atoms with Crippen LogP contribution in [0.1, 0.15) is 64.7 Å². The van der Waals surface area contributed by atoms with Gasteiger partial charge < -0.3 is 15.2 Å². The van der Waals surface area contributed by atoms with Crippen LogP contribution in [0.25, 0.3) is 0 Å². The number of hydrogen-bond acceptors (Lipinski definition) is 3. The van der Waals surface area contributed by atoms with Gasteiger partial charge in [0, 0.05) is 19.7 Å². The number of aliphatic hydroxyl groups is 1. The summed E-state index contributed by atoms with van der Waals surface area (Å²) in [7, 11) is 0. The summed E-state index contributed by atoms with van der Waals surface area (Å²) < 4.78 is 6.12. The lowest BCUT2D eigenvalue weighted by atomic mass is 10.1. The summed E-state index contributed by atoms with van der Waals surface area (Å²) in [6.45, 7) is 4.61. The van der Waals surface area contributed by atoms with Crippen LogP contribution < -0.4 is 5.32 Å². The molecule has 2 N–H and O–H groups in total. The Morgan fingerprint density at radius 2 is 1.56 bits per heavy atom. The number of unbranched alkanes of at least 4 members (excludes halogenated alkanes) is 5. The molecule has 3 nitrogen and oxygen atoms in total. The first-order chi connectivity index (χ1) is 8.86. The number of aliphatic hydroxyl groups excluding tert-OH is 1. The van der Waals surface area contributed by atoms with Crippen LogP contribution in [0.2, 0.25) is 0 Å². The van der Waals surface area contributed by atoms with Crippen LogP contribution >= 0.6 is 0 Å². The van der Waals surface area contributed by atoms with E-state index in [0.717, 1.165) is 32.4 Å². The molecule has 1 fully saturated rings. The van der Waals surface area contributed by atoms with E-state index in [9.17, 15) is 0 Å². The molecule has 108 valence electrons. The lowest BCUT2D eigenvalue weighted by Crippen LogP contribution is -2.44. The van der Waals surface area contributed by atoms with Gasteiger partial charge in [-0.15, -0.1) is 0 Å². The van der Waals surface area contributed by atoms with Gasteiger partial charge in [0.05, 0.1) is 12.2 Å². The van der Waals surface area contributed by atoms with Gasteiger partial charge in [0.2, 0.25) is 0 Å². The maximum atomic E-state index is 8.74. The van der Waals surface area contributed by atoms with Crippen LogP contribution in [0, 0.1) is 0 Å². The first-order valence-corrected chi connectivity index (χ1v) is 7.83. The summed E-state index contributed by atoms with van der Waals surface area (Å²) in [6, 6.07) is 0. The third kappa shape index (κ3) is 7.34. The van der Waals surface area contributed by atoms with Crippen molar-refractivity contribution in [1.29, 1.82) is 0 Å².